The molecule has 0 spiro atoms. The van der Waals surface area contributed by atoms with Gasteiger partial charge in [-0.1, -0.05) is 0 Å². The van der Waals surface area contributed by atoms with Crippen LogP contribution in [0.5, 0.6) is 0 Å². The van der Waals surface area contributed by atoms with Crippen molar-refractivity contribution in [2.24, 2.45) is 0 Å². The molecule has 7 nitrogen and oxygen atoms in total. The molecule has 0 fully saturated rings. The van der Waals surface area contributed by atoms with Crippen LogP contribution in [0.15, 0.2) is 48.4 Å². The number of pyridine rings is 2. The Labute approximate surface area is 184 Å². The largest absolute Gasteiger partial charge is 0.434 e. The van der Waals surface area contributed by atoms with Gasteiger partial charge in [-0.15, -0.1) is 11.3 Å². The van der Waals surface area contributed by atoms with E-state index in [1.54, 1.807) is 17.6 Å². The molecule has 4 aromatic rings. The molecule has 33 heavy (non-hydrogen) atoms. The molecule has 0 radical (unpaired) electrons. The molecule has 0 saturated carbocycles. The van der Waals surface area contributed by atoms with Gasteiger partial charge in [0, 0.05) is 22.0 Å². The summed E-state index contributed by atoms with van der Waals surface area (Å²) in [4.78, 5) is 20.9. The molecule has 0 saturated heterocycles. The minimum Gasteiger partial charge on any atom is -0.322 e. The number of carbonyl (C=O) groups is 1. The molecule has 0 bridgehead atoms. The third-order valence-corrected chi connectivity index (χ3v) is 5.35. The summed E-state index contributed by atoms with van der Waals surface area (Å²) in [5.74, 6) is -1.29. The zero-order chi connectivity index (χ0) is 24.0. The molecule has 172 valence electrons. The topological polar surface area (TPSA) is 72.9 Å². The van der Waals surface area contributed by atoms with E-state index in [1.807, 2.05) is 5.32 Å². The van der Waals surface area contributed by atoms with Crippen molar-refractivity contribution in [3.63, 3.8) is 0 Å². The van der Waals surface area contributed by atoms with Gasteiger partial charge in [0.1, 0.15) is 23.2 Å². The smallest absolute Gasteiger partial charge is 0.322 e. The lowest BCUT2D eigenvalue weighted by Crippen LogP contribution is -2.40. The van der Waals surface area contributed by atoms with Crippen LogP contribution < -0.4 is 14.9 Å². The predicted molar refractivity (Wildman–Crippen MR) is 104 cm³/mol. The maximum atomic E-state index is 14.0. The van der Waals surface area contributed by atoms with Gasteiger partial charge in [0.25, 0.3) is 5.91 Å². The summed E-state index contributed by atoms with van der Waals surface area (Å²) < 4.78 is 83.0. The summed E-state index contributed by atoms with van der Waals surface area (Å²) in [7, 11) is 1.32. The maximum Gasteiger partial charge on any atom is 0.434 e. The number of hydrogen-bond acceptors (Lipinski definition) is 5. The second-order valence-electron chi connectivity index (χ2n) is 6.58. The number of alkyl halides is 6. The Hall–Kier alpha value is -3.68. The Bertz CT molecular complexity index is 1340. The summed E-state index contributed by atoms with van der Waals surface area (Å²) >= 11 is 1.26. The quantitative estimate of drug-likeness (QED) is 0.347. The molecule has 0 unspecified atom stereocenters. The average molecular weight is 488 g/mol. The highest BCUT2D eigenvalue weighted by Gasteiger charge is 2.41. The third kappa shape index (κ3) is 4.33. The van der Waals surface area contributed by atoms with Gasteiger partial charge in [0.15, 0.2) is 5.69 Å². The van der Waals surface area contributed by atoms with E-state index in [4.69, 9.17) is 4.84 Å². The molecule has 0 aliphatic carbocycles. The molecule has 4 heterocycles. The molecular weight excluding hydrogens is 476 g/mol. The Kier molecular flexibility index (Phi) is 5.47. The molecule has 0 aliphatic rings. The van der Waals surface area contributed by atoms with Crippen LogP contribution >= 0.6 is 11.3 Å². The van der Waals surface area contributed by atoms with E-state index in [1.165, 1.54) is 29.4 Å². The molecule has 0 aromatic carbocycles. The van der Waals surface area contributed by atoms with Crippen molar-refractivity contribution in [1.82, 2.24) is 14.8 Å². The molecule has 4 rings (SSSR count). The zero-order valence-corrected chi connectivity index (χ0v) is 17.2. The Morgan fingerprint density at radius 2 is 1.91 bits per heavy atom. The lowest BCUT2D eigenvalue weighted by atomic mass is 10.2. The lowest BCUT2D eigenvalue weighted by Gasteiger charge is -2.13. The summed E-state index contributed by atoms with van der Waals surface area (Å²) in [5, 5.41) is 7.89. The van der Waals surface area contributed by atoms with Crippen LogP contribution in [0.25, 0.3) is 15.8 Å². The van der Waals surface area contributed by atoms with Crippen molar-refractivity contribution < 1.29 is 40.7 Å². The van der Waals surface area contributed by atoms with Crippen LogP contribution in [0.2, 0.25) is 0 Å². The fourth-order valence-electron chi connectivity index (χ4n) is 3.08. The van der Waals surface area contributed by atoms with Crippen molar-refractivity contribution >= 4 is 33.0 Å². The molecule has 0 aliphatic heterocycles. The van der Waals surface area contributed by atoms with Crippen LogP contribution in [-0.2, 0) is 12.4 Å². The summed E-state index contributed by atoms with van der Waals surface area (Å²) in [5.41, 5.74) is -3.96. The van der Waals surface area contributed by atoms with Gasteiger partial charge in [-0.3, -0.25) is 14.6 Å². The fourth-order valence-corrected chi connectivity index (χ4v) is 3.90. The number of aromatic nitrogens is 4. The normalized spacial score (nSPS) is 12.2. The number of amides is 1. The Balaban J connectivity index is 1.80. The van der Waals surface area contributed by atoms with Crippen LogP contribution in [-0.4, -0.2) is 27.8 Å². The highest BCUT2D eigenvalue weighted by atomic mass is 32.1. The van der Waals surface area contributed by atoms with E-state index in [9.17, 15) is 31.1 Å². The fraction of sp³-hybridized carbons (Fsp3) is 0.158. The van der Waals surface area contributed by atoms with Gasteiger partial charge in [0.05, 0.1) is 11.8 Å². The van der Waals surface area contributed by atoms with Crippen LogP contribution in [0.1, 0.15) is 21.7 Å². The van der Waals surface area contributed by atoms with Gasteiger partial charge in [-0.2, -0.15) is 31.4 Å². The van der Waals surface area contributed by atoms with E-state index >= 15 is 0 Å². The van der Waals surface area contributed by atoms with E-state index in [-0.39, 0.29) is 11.4 Å². The number of hydrogen-bond donors (Lipinski definition) is 1. The molecule has 14 heteroatoms. The molecular formula is C19H12F6N5O2S+. The Morgan fingerprint density at radius 3 is 2.58 bits per heavy atom. The first-order valence-corrected chi connectivity index (χ1v) is 9.84. The highest BCUT2D eigenvalue weighted by Crippen LogP contribution is 2.36. The maximum absolute atomic E-state index is 14.0. The van der Waals surface area contributed by atoms with Gasteiger partial charge in [-0.25, -0.2) is 4.68 Å². The molecule has 1 amide bonds. The first-order chi connectivity index (χ1) is 15.5. The van der Waals surface area contributed by atoms with E-state index < -0.39 is 35.2 Å². The van der Waals surface area contributed by atoms with Gasteiger partial charge in [-0.05, 0) is 23.6 Å². The van der Waals surface area contributed by atoms with Crippen molar-refractivity contribution in [2.45, 2.75) is 12.4 Å². The highest BCUT2D eigenvalue weighted by molar-refractivity contribution is 7.17. The van der Waals surface area contributed by atoms with Crippen LogP contribution in [0, 0.1) is 0 Å². The molecule has 4 aromatic heterocycles. The SMILES string of the molecule is CO[n+]1cc(-n2ncc(C(=O)Nc3ccnc(C(F)(F)F)c3)c2C(F)(F)F)c2ccsc2c1. The van der Waals surface area contributed by atoms with Crippen molar-refractivity contribution in [3.05, 3.63) is 65.3 Å². The van der Waals surface area contributed by atoms with Crippen LogP contribution in [0.4, 0.5) is 32.0 Å². The standard InChI is InChI=1S/C19H11F6N5O2S/c1-32-29-8-13(11-3-5-33-14(11)9-29)30-16(19(23,24)25)12(7-27-30)17(31)28-10-2-4-26-15(6-10)18(20,21)22/h2-9H,1H3/p+1. The van der Waals surface area contributed by atoms with Crippen molar-refractivity contribution in [3.8, 4) is 5.69 Å². The third-order valence-electron chi connectivity index (χ3n) is 4.49. The number of anilines is 1. The monoisotopic (exact) mass is 488 g/mol. The number of rotatable bonds is 4. The van der Waals surface area contributed by atoms with Crippen molar-refractivity contribution in [1.29, 1.82) is 0 Å². The summed E-state index contributed by atoms with van der Waals surface area (Å²) in [6, 6.07) is 3.13. The number of fused-ring (bicyclic) bond motifs is 1. The minimum absolute atomic E-state index is 0.00903. The second-order valence-corrected chi connectivity index (χ2v) is 7.53. The summed E-state index contributed by atoms with van der Waals surface area (Å²) in [6.07, 6.45) is -5.50. The van der Waals surface area contributed by atoms with Gasteiger partial charge >= 0.3 is 12.4 Å². The van der Waals surface area contributed by atoms with Gasteiger partial charge in [0.2, 0.25) is 12.4 Å². The zero-order valence-electron chi connectivity index (χ0n) is 16.4. The minimum atomic E-state index is -5.02. The van der Waals surface area contributed by atoms with E-state index in [0.717, 1.165) is 12.3 Å². The number of halogens is 6. The number of nitrogens with zero attached hydrogens (tertiary/aromatic N) is 4. The number of carbonyl (C=O) groups excluding carboxylic acids is 1. The number of nitrogens with one attached hydrogen (secondary N) is 1. The second kappa shape index (κ2) is 8.03. The lowest BCUT2D eigenvalue weighted by molar-refractivity contribution is -0.884. The molecule has 1 N–H and O–H groups in total. The summed E-state index contributed by atoms with van der Waals surface area (Å²) in [6.45, 7) is 0. The predicted octanol–water partition coefficient (Wildman–Crippen LogP) is 4.12. The van der Waals surface area contributed by atoms with Crippen molar-refractivity contribution in [2.75, 3.05) is 12.4 Å². The van der Waals surface area contributed by atoms with E-state index in [2.05, 4.69) is 10.1 Å². The molecule has 0 atom stereocenters. The van der Waals surface area contributed by atoms with Crippen LogP contribution in [0.3, 0.4) is 0 Å². The Morgan fingerprint density at radius 1 is 1.15 bits per heavy atom. The average Bonchev–Trinajstić information content (AvgIpc) is 3.39. The van der Waals surface area contributed by atoms with Gasteiger partial charge < -0.3 is 5.32 Å². The first-order valence-electron chi connectivity index (χ1n) is 8.96. The van der Waals surface area contributed by atoms with E-state index in [0.29, 0.717) is 27.0 Å². The number of thiophene rings is 1. The first kappa shape index (κ1) is 22.5.